The van der Waals surface area contributed by atoms with E-state index in [2.05, 4.69) is 27.4 Å². The molecule has 4 heteroatoms. The summed E-state index contributed by atoms with van der Waals surface area (Å²) < 4.78 is 5.16. The molecule has 0 aliphatic carbocycles. The second-order valence-corrected chi connectivity index (χ2v) is 4.68. The van der Waals surface area contributed by atoms with E-state index in [-0.39, 0.29) is 0 Å². The first-order chi connectivity index (χ1) is 9.36. The van der Waals surface area contributed by atoms with Crippen LogP contribution in [-0.2, 0) is 0 Å². The number of methoxy groups -OCH3 is 1. The Morgan fingerprint density at radius 2 is 2.11 bits per heavy atom. The lowest BCUT2D eigenvalue weighted by atomic mass is 10.0. The van der Waals surface area contributed by atoms with Crippen molar-refractivity contribution in [3.05, 3.63) is 35.5 Å². The number of ether oxygens (including phenoxy) is 1. The second kappa shape index (κ2) is 5.36. The molecule has 2 aromatic rings. The molecule has 0 amide bonds. The van der Waals surface area contributed by atoms with Crippen molar-refractivity contribution in [2.24, 2.45) is 0 Å². The summed E-state index contributed by atoms with van der Waals surface area (Å²) in [4.78, 5) is 8.89. The van der Waals surface area contributed by atoms with Crippen molar-refractivity contribution < 1.29 is 4.74 Å². The van der Waals surface area contributed by atoms with Gasteiger partial charge in [0.15, 0.2) is 0 Å². The molecule has 98 valence electrons. The maximum Gasteiger partial charge on any atom is 0.232 e. The van der Waals surface area contributed by atoms with Gasteiger partial charge in [-0.3, -0.25) is 0 Å². The molecule has 3 rings (SSSR count). The van der Waals surface area contributed by atoms with Crippen LogP contribution in [0.5, 0.6) is 5.88 Å². The number of aromatic nitrogens is 2. The number of fused-ring (bicyclic) bond motifs is 1. The van der Waals surface area contributed by atoms with Crippen LogP contribution in [0.4, 0.5) is 0 Å². The van der Waals surface area contributed by atoms with E-state index in [1.54, 1.807) is 13.3 Å². The Morgan fingerprint density at radius 3 is 2.89 bits per heavy atom. The van der Waals surface area contributed by atoms with Gasteiger partial charge in [-0.15, -0.1) is 0 Å². The van der Waals surface area contributed by atoms with Crippen molar-refractivity contribution >= 4 is 17.1 Å². The Morgan fingerprint density at radius 1 is 1.26 bits per heavy atom. The van der Waals surface area contributed by atoms with Crippen LogP contribution in [0.3, 0.4) is 0 Å². The Balaban J connectivity index is 2.06. The molecule has 1 aromatic carbocycles. The molecule has 1 aromatic heterocycles. The number of hydrogen-bond acceptors (Lipinski definition) is 4. The maximum atomic E-state index is 5.16. The first-order valence-corrected chi connectivity index (χ1v) is 6.57. The lowest BCUT2D eigenvalue weighted by molar-refractivity contribution is 0.397. The van der Waals surface area contributed by atoms with Crippen LogP contribution in [0, 0.1) is 0 Å². The second-order valence-electron chi connectivity index (χ2n) is 4.68. The van der Waals surface area contributed by atoms with Gasteiger partial charge in [0, 0.05) is 5.56 Å². The molecule has 0 radical (unpaired) electrons. The van der Waals surface area contributed by atoms with Crippen LogP contribution >= 0.6 is 0 Å². The van der Waals surface area contributed by atoms with Crippen LogP contribution in [0.1, 0.15) is 18.4 Å². The van der Waals surface area contributed by atoms with Gasteiger partial charge in [0.25, 0.3) is 0 Å². The lowest BCUT2D eigenvalue weighted by Gasteiger charge is -2.15. The minimum atomic E-state index is 0.559. The van der Waals surface area contributed by atoms with Gasteiger partial charge >= 0.3 is 0 Å². The maximum absolute atomic E-state index is 5.16. The first-order valence-electron chi connectivity index (χ1n) is 6.57. The van der Waals surface area contributed by atoms with Gasteiger partial charge in [-0.1, -0.05) is 23.8 Å². The SMILES string of the molecule is COc1cnc2cccc(C=C3CCNCC3)c2n1. The van der Waals surface area contributed by atoms with Crippen molar-refractivity contribution in [2.75, 3.05) is 20.2 Å². The number of nitrogens with zero attached hydrogens (tertiary/aromatic N) is 2. The van der Waals surface area contributed by atoms with Crippen LogP contribution in [0.25, 0.3) is 17.1 Å². The Kier molecular flexibility index (Phi) is 3.42. The van der Waals surface area contributed by atoms with E-state index in [0.717, 1.165) is 42.5 Å². The Bertz CT molecular complexity index is 614. The monoisotopic (exact) mass is 255 g/mol. The minimum Gasteiger partial charge on any atom is -0.480 e. The zero-order valence-electron chi connectivity index (χ0n) is 11.0. The van der Waals surface area contributed by atoms with Crippen LogP contribution in [0.2, 0.25) is 0 Å². The van der Waals surface area contributed by atoms with E-state index in [0.29, 0.717) is 5.88 Å². The predicted molar refractivity (Wildman–Crippen MR) is 76.2 cm³/mol. The van der Waals surface area contributed by atoms with E-state index in [4.69, 9.17) is 4.74 Å². The molecule has 1 aliphatic rings. The molecule has 2 heterocycles. The Hall–Kier alpha value is -1.94. The molecule has 19 heavy (non-hydrogen) atoms. The van der Waals surface area contributed by atoms with E-state index < -0.39 is 0 Å². The lowest BCUT2D eigenvalue weighted by Crippen LogP contribution is -2.22. The third-order valence-corrected chi connectivity index (χ3v) is 3.40. The minimum absolute atomic E-state index is 0.559. The van der Waals surface area contributed by atoms with Gasteiger partial charge in [0.05, 0.1) is 24.3 Å². The fourth-order valence-electron chi connectivity index (χ4n) is 2.37. The van der Waals surface area contributed by atoms with Crippen molar-refractivity contribution in [1.82, 2.24) is 15.3 Å². The van der Waals surface area contributed by atoms with E-state index >= 15 is 0 Å². The average molecular weight is 255 g/mol. The highest BCUT2D eigenvalue weighted by atomic mass is 16.5. The number of piperidine rings is 1. The fourth-order valence-corrected chi connectivity index (χ4v) is 2.37. The van der Waals surface area contributed by atoms with Crippen LogP contribution < -0.4 is 10.1 Å². The van der Waals surface area contributed by atoms with Crippen molar-refractivity contribution in [3.63, 3.8) is 0 Å². The zero-order valence-corrected chi connectivity index (χ0v) is 11.0. The van der Waals surface area contributed by atoms with Gasteiger partial charge in [-0.05, 0) is 32.0 Å². The summed E-state index contributed by atoms with van der Waals surface area (Å²) in [5, 5.41) is 3.37. The number of para-hydroxylation sites is 1. The molecule has 0 unspecified atom stereocenters. The molecule has 1 N–H and O–H groups in total. The highest BCUT2D eigenvalue weighted by Crippen LogP contribution is 2.22. The first kappa shape index (κ1) is 12.1. The molecule has 0 saturated carbocycles. The summed E-state index contributed by atoms with van der Waals surface area (Å²) in [5.41, 5.74) is 4.41. The molecule has 1 aliphatic heterocycles. The summed E-state index contributed by atoms with van der Waals surface area (Å²) in [6.07, 6.45) is 6.11. The van der Waals surface area contributed by atoms with Crippen molar-refractivity contribution in [3.8, 4) is 5.88 Å². The van der Waals surface area contributed by atoms with Crippen molar-refractivity contribution in [1.29, 1.82) is 0 Å². The van der Waals surface area contributed by atoms with Gasteiger partial charge in [0.1, 0.15) is 0 Å². The van der Waals surface area contributed by atoms with E-state index in [1.807, 2.05) is 12.1 Å². The van der Waals surface area contributed by atoms with Gasteiger partial charge in [-0.25, -0.2) is 9.97 Å². The van der Waals surface area contributed by atoms with Crippen molar-refractivity contribution in [2.45, 2.75) is 12.8 Å². The molecule has 0 atom stereocenters. The third-order valence-electron chi connectivity index (χ3n) is 3.40. The molecule has 0 spiro atoms. The van der Waals surface area contributed by atoms with Gasteiger partial charge in [0.2, 0.25) is 5.88 Å². The normalized spacial score (nSPS) is 15.5. The summed E-state index contributed by atoms with van der Waals surface area (Å²) in [6.45, 7) is 2.12. The molecule has 1 saturated heterocycles. The molecule has 4 nitrogen and oxygen atoms in total. The highest BCUT2D eigenvalue weighted by Gasteiger charge is 2.07. The van der Waals surface area contributed by atoms with Crippen LogP contribution in [-0.4, -0.2) is 30.2 Å². The molecular formula is C15H17N3O. The number of rotatable bonds is 2. The standard InChI is InChI=1S/C15H17N3O/c1-19-14-10-17-13-4-2-3-12(15(13)18-14)9-11-5-7-16-8-6-11/h2-4,9-10,16H,5-8H2,1H3. The number of hydrogen-bond donors (Lipinski definition) is 1. The Labute approximate surface area is 112 Å². The van der Waals surface area contributed by atoms with Crippen LogP contribution in [0.15, 0.2) is 30.0 Å². The van der Waals surface area contributed by atoms with Gasteiger partial charge in [-0.2, -0.15) is 0 Å². The number of nitrogens with one attached hydrogen (secondary N) is 1. The van der Waals surface area contributed by atoms with E-state index in [1.165, 1.54) is 5.57 Å². The van der Waals surface area contributed by atoms with E-state index in [9.17, 15) is 0 Å². The number of benzene rings is 1. The topological polar surface area (TPSA) is 47.0 Å². The fraction of sp³-hybridized carbons (Fsp3) is 0.333. The smallest absolute Gasteiger partial charge is 0.232 e. The molecular weight excluding hydrogens is 238 g/mol. The quantitative estimate of drug-likeness (QED) is 0.895. The molecule has 1 fully saturated rings. The average Bonchev–Trinajstić information content (AvgIpc) is 2.48. The summed E-state index contributed by atoms with van der Waals surface area (Å²) in [5.74, 6) is 0.559. The summed E-state index contributed by atoms with van der Waals surface area (Å²) in [6, 6.07) is 6.09. The summed E-state index contributed by atoms with van der Waals surface area (Å²) >= 11 is 0. The largest absolute Gasteiger partial charge is 0.480 e. The highest BCUT2D eigenvalue weighted by molar-refractivity contribution is 5.85. The summed E-state index contributed by atoms with van der Waals surface area (Å²) in [7, 11) is 1.61. The third kappa shape index (κ3) is 2.58. The predicted octanol–water partition coefficient (Wildman–Crippen LogP) is 2.41. The van der Waals surface area contributed by atoms with Gasteiger partial charge < -0.3 is 10.1 Å². The zero-order chi connectivity index (χ0) is 13.1. The molecule has 0 bridgehead atoms.